The normalized spacial score (nSPS) is 25.8. The van der Waals surface area contributed by atoms with Gasteiger partial charge in [-0.1, -0.05) is 18.2 Å². The Hall–Kier alpha value is -4.63. The number of amides is 1. The van der Waals surface area contributed by atoms with Crippen molar-refractivity contribution in [2.45, 2.75) is 62.1 Å². The maximum absolute atomic E-state index is 16.7. The first kappa shape index (κ1) is 44.4. The molecule has 6 heterocycles. The lowest BCUT2D eigenvalue weighted by Crippen LogP contribution is -2.35. The average Bonchev–Trinajstić information content (AvgIpc) is 4.02. The standard InChI is InChI=1S/C33H33F2N11O11P2S2/c34-21-25(19(12-47)54-32(21)46-17-43-24-29(46)40-15-41-31(24)49)57-59(61,52-11-5-9-37)53-13-20-26(56-58(50,60)51-10-4-8-36)22(35)33(55-20)45-16-42-23-27(38-14-39-28(23)45)44-30(48)18-6-2-1-3-7-18/h1-3,6-7,14-17,19-22,25-26,32-33,47H,4-5,10-13H2,(H,50,60)(H,40,41,49)(H,38,39,44,48)/t19?,20?,21-,22-,25-,26-,32?,33?,58?,59?/m1/s1. The number of rotatable bonds is 18. The molecule has 2 aliphatic heterocycles. The number of ether oxygens (including phenoxy) is 2. The van der Waals surface area contributed by atoms with Crippen molar-refractivity contribution in [3.05, 3.63) is 71.6 Å². The van der Waals surface area contributed by atoms with Gasteiger partial charge in [-0.2, -0.15) is 10.5 Å². The van der Waals surface area contributed by atoms with E-state index in [0.717, 1.165) is 23.5 Å². The molecule has 0 bridgehead atoms. The van der Waals surface area contributed by atoms with Crippen LogP contribution in [0.2, 0.25) is 0 Å². The molecule has 1 aromatic carbocycles. The highest BCUT2D eigenvalue weighted by atomic mass is 32.5. The fourth-order valence-corrected chi connectivity index (χ4v) is 9.88. The number of alkyl halides is 2. The zero-order chi connectivity index (χ0) is 43.3. The highest BCUT2D eigenvalue weighted by Gasteiger charge is 2.52. The van der Waals surface area contributed by atoms with E-state index in [1.807, 2.05) is 12.1 Å². The van der Waals surface area contributed by atoms with E-state index in [2.05, 4.69) is 35.2 Å². The Kier molecular flexibility index (Phi) is 14.0. The second-order valence-electron chi connectivity index (χ2n) is 13.0. The molecule has 7 rings (SSSR count). The summed E-state index contributed by atoms with van der Waals surface area (Å²) in [7, 11) is 0. The number of H-pyrrole nitrogens is 1. The number of carbonyl (C=O) groups excluding carboxylic acids is 1. The summed E-state index contributed by atoms with van der Waals surface area (Å²) in [5, 5.41) is 31.0. The van der Waals surface area contributed by atoms with Crippen molar-refractivity contribution < 1.29 is 55.7 Å². The maximum atomic E-state index is 16.7. The van der Waals surface area contributed by atoms with Gasteiger partial charge in [0.2, 0.25) is 0 Å². The summed E-state index contributed by atoms with van der Waals surface area (Å²) in [5.74, 6) is -0.506. The maximum Gasteiger partial charge on any atom is 0.327 e. The molecular weight excluding hydrogens is 891 g/mol. The van der Waals surface area contributed by atoms with Gasteiger partial charge in [0.25, 0.3) is 11.5 Å². The molecule has 0 aliphatic carbocycles. The number of aromatic nitrogens is 8. The lowest BCUT2D eigenvalue weighted by atomic mass is 10.1. The number of anilines is 1. The van der Waals surface area contributed by atoms with Crippen molar-refractivity contribution >= 4 is 71.1 Å². The van der Waals surface area contributed by atoms with Gasteiger partial charge in [-0.25, -0.2) is 33.7 Å². The van der Waals surface area contributed by atoms with Crippen molar-refractivity contribution in [3.63, 3.8) is 0 Å². The first-order valence-corrected chi connectivity index (χ1v) is 23.1. The molecule has 2 saturated heterocycles. The fourth-order valence-electron chi connectivity index (χ4n) is 6.32. The Morgan fingerprint density at radius 3 is 2.18 bits per heavy atom. The Morgan fingerprint density at radius 1 is 0.885 bits per heavy atom. The summed E-state index contributed by atoms with van der Waals surface area (Å²) < 4.78 is 75.8. The summed E-state index contributed by atoms with van der Waals surface area (Å²) in [6.45, 7) is -10.7. The molecule has 4 N–H and O–H groups in total. The molecule has 322 valence electrons. The summed E-state index contributed by atoms with van der Waals surface area (Å²) in [5.41, 5.74) is -0.327. The number of fused-ring (bicyclic) bond motifs is 2. The number of halogens is 2. The number of nitrogens with zero attached hydrogens (tertiary/aromatic N) is 9. The first-order chi connectivity index (χ1) is 29.4. The van der Waals surface area contributed by atoms with Crippen LogP contribution in [0, 0.1) is 22.7 Å². The Bertz CT molecular complexity index is 2620. The third-order valence-corrected chi connectivity index (χ3v) is 13.0. The van der Waals surface area contributed by atoms with Gasteiger partial charge in [-0.3, -0.25) is 27.8 Å². The summed E-state index contributed by atoms with van der Waals surface area (Å²) in [6.07, 6.45) is -9.66. The van der Waals surface area contributed by atoms with Crippen LogP contribution in [0.3, 0.4) is 0 Å². The molecule has 4 aromatic heterocycles. The van der Waals surface area contributed by atoms with Crippen LogP contribution < -0.4 is 10.9 Å². The monoisotopic (exact) mass is 923 g/mol. The number of benzene rings is 1. The topological polar surface area (TPSA) is 289 Å². The predicted octanol–water partition coefficient (Wildman–Crippen LogP) is 2.76. The van der Waals surface area contributed by atoms with Gasteiger partial charge in [0, 0.05) is 5.56 Å². The van der Waals surface area contributed by atoms with Crippen molar-refractivity contribution in [1.82, 2.24) is 39.0 Å². The largest absolute Gasteiger partial charge is 0.394 e. The van der Waals surface area contributed by atoms with Crippen LogP contribution in [0.15, 0.2) is 60.4 Å². The van der Waals surface area contributed by atoms with Crippen LogP contribution in [0.4, 0.5) is 14.6 Å². The quantitative estimate of drug-likeness (QED) is 0.0726. The molecule has 0 spiro atoms. The van der Waals surface area contributed by atoms with Gasteiger partial charge in [0.05, 0.1) is 70.4 Å². The molecule has 0 radical (unpaired) electrons. The third-order valence-electron chi connectivity index (χ3n) is 9.09. The molecule has 6 unspecified atom stereocenters. The van der Waals surface area contributed by atoms with Crippen molar-refractivity contribution in [1.29, 1.82) is 10.5 Å². The molecular formula is C33H33F2N11O11P2S2. The van der Waals surface area contributed by atoms with E-state index in [1.54, 1.807) is 30.3 Å². The van der Waals surface area contributed by atoms with Crippen LogP contribution in [0.5, 0.6) is 0 Å². The van der Waals surface area contributed by atoms with E-state index in [4.69, 9.17) is 61.0 Å². The molecule has 2 fully saturated rings. The van der Waals surface area contributed by atoms with Crippen LogP contribution in [-0.2, 0) is 55.7 Å². The number of aromatic amines is 1. The number of carbonyl (C=O) groups is 1. The van der Waals surface area contributed by atoms with Gasteiger partial charge in [0.1, 0.15) is 30.7 Å². The van der Waals surface area contributed by atoms with Crippen LogP contribution in [-0.4, -0.2) is 118 Å². The number of nitrogens with one attached hydrogen (secondary N) is 2. The minimum absolute atomic E-state index is 0.000527. The molecule has 10 atom stereocenters. The lowest BCUT2D eigenvalue weighted by molar-refractivity contribution is -0.0530. The zero-order valence-corrected chi connectivity index (χ0v) is 34.5. The van der Waals surface area contributed by atoms with Crippen LogP contribution in [0.1, 0.15) is 35.7 Å². The van der Waals surface area contributed by atoms with Crippen molar-refractivity contribution in [3.8, 4) is 12.1 Å². The number of hydrogen-bond donors (Lipinski definition) is 4. The number of hydrogen-bond acceptors (Lipinski definition) is 19. The highest BCUT2D eigenvalue weighted by molar-refractivity contribution is 8.07. The van der Waals surface area contributed by atoms with E-state index in [-0.39, 0.29) is 54.2 Å². The third kappa shape index (κ3) is 9.72. The Labute approximate surface area is 352 Å². The summed E-state index contributed by atoms with van der Waals surface area (Å²) in [6, 6.07) is 12.0. The van der Waals surface area contributed by atoms with E-state index >= 15 is 8.78 Å². The van der Waals surface area contributed by atoms with Crippen molar-refractivity contribution in [2.24, 2.45) is 0 Å². The fraction of sp³-hybridized carbons (Fsp3) is 0.424. The second kappa shape index (κ2) is 19.2. The van der Waals surface area contributed by atoms with Crippen LogP contribution in [0.25, 0.3) is 22.3 Å². The first-order valence-electron chi connectivity index (χ1n) is 18.0. The number of nitriles is 2. The number of aliphatic hydroxyl groups is 1. The zero-order valence-electron chi connectivity index (χ0n) is 31.1. The van der Waals surface area contributed by atoms with Gasteiger partial charge in [-0.05, 0) is 35.7 Å². The van der Waals surface area contributed by atoms with Gasteiger partial charge in [-0.15, -0.1) is 0 Å². The Morgan fingerprint density at radius 2 is 1.51 bits per heavy atom. The number of imidazole rings is 2. The molecule has 5 aromatic rings. The van der Waals surface area contributed by atoms with E-state index in [9.17, 15) is 24.9 Å². The smallest absolute Gasteiger partial charge is 0.327 e. The Balaban J connectivity index is 1.15. The van der Waals surface area contributed by atoms with E-state index < -0.39 is 87.3 Å². The summed E-state index contributed by atoms with van der Waals surface area (Å²) in [4.78, 5) is 59.1. The molecule has 0 saturated carbocycles. The number of aliphatic hydroxyl groups excluding tert-OH is 1. The van der Waals surface area contributed by atoms with Crippen LogP contribution >= 0.6 is 13.4 Å². The van der Waals surface area contributed by atoms with Gasteiger partial charge < -0.3 is 43.3 Å². The molecule has 61 heavy (non-hydrogen) atoms. The molecule has 2 aliphatic rings. The highest BCUT2D eigenvalue weighted by Crippen LogP contribution is 2.56. The van der Waals surface area contributed by atoms with Gasteiger partial charge >= 0.3 is 13.4 Å². The lowest BCUT2D eigenvalue weighted by Gasteiger charge is -2.29. The molecule has 22 nitrogen and oxygen atoms in total. The molecule has 28 heteroatoms. The minimum Gasteiger partial charge on any atom is -0.394 e. The molecule has 1 amide bonds. The average molecular weight is 924 g/mol. The van der Waals surface area contributed by atoms with E-state index in [1.165, 1.54) is 10.9 Å². The predicted molar refractivity (Wildman–Crippen MR) is 211 cm³/mol. The van der Waals surface area contributed by atoms with E-state index in [0.29, 0.717) is 5.56 Å². The summed E-state index contributed by atoms with van der Waals surface area (Å²) >= 11 is 10.8. The van der Waals surface area contributed by atoms with Gasteiger partial charge in [0.15, 0.2) is 52.9 Å². The second-order valence-corrected chi connectivity index (χ2v) is 18.7. The minimum atomic E-state index is -4.27. The SMILES string of the molecule is N#CCCOP(O)(=S)O[C@@H]1C(COP(=S)(OCCC#N)O[C@@H]2C(CO)OC(n3cnc4c(=O)[nH]cnc43)[C@@H]2F)OC(n2cnc3c(NC(=O)c4ccccc4)ncnc32)[C@@H]1F. The van der Waals surface area contributed by atoms with Crippen molar-refractivity contribution in [2.75, 3.05) is 31.7 Å².